The average Bonchev–Trinajstić information content (AvgIpc) is 3.60. The molecule has 314 valence electrons. The van der Waals surface area contributed by atoms with Crippen LogP contribution in [0.4, 0.5) is 0 Å². The van der Waals surface area contributed by atoms with Crippen LogP contribution in [-0.4, -0.2) is 145 Å². The molecule has 0 bridgehead atoms. The zero-order valence-corrected chi connectivity index (χ0v) is 32.9. The first-order chi connectivity index (χ1) is 27.1. The summed E-state index contributed by atoms with van der Waals surface area (Å²) in [5.74, 6) is -5.41. The number of esters is 4. The Morgan fingerprint density at radius 3 is 2.07 bits per heavy atom. The van der Waals surface area contributed by atoms with Crippen molar-refractivity contribution in [2.24, 2.45) is 12.2 Å². The van der Waals surface area contributed by atoms with Gasteiger partial charge in [-0.05, 0) is 23.7 Å². The number of likely N-dealkylation sites (N-methyl/N-ethyl adjacent to an activating group) is 1. The molecule has 1 fully saturated rings. The summed E-state index contributed by atoms with van der Waals surface area (Å²) in [5.41, 5.74) is 8.19. The van der Waals surface area contributed by atoms with Crippen LogP contribution in [0, 0.1) is 0 Å². The van der Waals surface area contributed by atoms with Gasteiger partial charge in [-0.1, -0.05) is 9.09 Å². The number of hydrogen-bond acceptors (Lipinski definition) is 18. The van der Waals surface area contributed by atoms with Crippen molar-refractivity contribution in [1.29, 1.82) is 0 Å². The van der Waals surface area contributed by atoms with Crippen molar-refractivity contribution in [2.45, 2.75) is 51.5 Å². The highest BCUT2D eigenvalue weighted by atomic mass is 32.2. The number of benzene rings is 1. The van der Waals surface area contributed by atoms with E-state index >= 15 is 0 Å². The van der Waals surface area contributed by atoms with Gasteiger partial charge in [0.2, 0.25) is 12.4 Å². The zero-order valence-electron chi connectivity index (χ0n) is 32.0. The average molecular weight is 830 g/mol. The summed E-state index contributed by atoms with van der Waals surface area (Å²) in [4.78, 5) is 66.9. The number of methoxy groups -OCH3 is 1. The minimum absolute atomic E-state index is 0.0573. The van der Waals surface area contributed by atoms with Gasteiger partial charge in [0.25, 0.3) is 12.2 Å². The van der Waals surface area contributed by atoms with Crippen molar-refractivity contribution < 1.29 is 83.8 Å². The Hall–Kier alpha value is -5.52. The molecule has 1 aromatic heterocycles. The van der Waals surface area contributed by atoms with E-state index < -0.39 is 82.3 Å². The SMILES string of the molecule is COC(=O)[C@H]1O[C@@H](Oc2ccc(C(=O)N(C)CCOCCOCCOCCN=[N+]=[N-])cc2OS(=O)(=O)n2cc[n+](C)c2)[C@H](OC(C)=O)[C@@H](OC(C)=O)[C@@H]1OC(C)=O. The Bertz CT molecular complexity index is 1870. The normalized spacial score (nSPS) is 19.0. The summed E-state index contributed by atoms with van der Waals surface area (Å²) in [7, 11) is -0.597. The van der Waals surface area contributed by atoms with E-state index in [2.05, 4.69) is 10.0 Å². The number of amides is 1. The molecule has 0 aliphatic carbocycles. The van der Waals surface area contributed by atoms with Crippen LogP contribution >= 0.6 is 0 Å². The number of carbonyl (C=O) groups excluding carboxylic acids is 5. The Labute approximate surface area is 327 Å². The smallest absolute Gasteiger partial charge is 0.467 e. The lowest BCUT2D eigenvalue weighted by Gasteiger charge is -2.43. The number of azide groups is 1. The number of aryl methyl sites for hydroxylation is 1. The van der Waals surface area contributed by atoms with Gasteiger partial charge in [-0.3, -0.25) is 19.2 Å². The summed E-state index contributed by atoms with van der Waals surface area (Å²) in [6.07, 6.45) is -5.01. The van der Waals surface area contributed by atoms with Gasteiger partial charge in [-0.2, -0.15) is 0 Å². The van der Waals surface area contributed by atoms with E-state index in [0.29, 0.717) is 13.2 Å². The molecule has 57 heavy (non-hydrogen) atoms. The van der Waals surface area contributed by atoms with Crippen LogP contribution < -0.4 is 13.5 Å². The molecular formula is C33H45N6O17S+. The molecular weight excluding hydrogens is 784 g/mol. The van der Waals surface area contributed by atoms with Crippen molar-refractivity contribution in [3.63, 3.8) is 0 Å². The van der Waals surface area contributed by atoms with Crippen molar-refractivity contribution in [1.82, 2.24) is 8.87 Å². The molecule has 23 nitrogen and oxygen atoms in total. The first-order valence-electron chi connectivity index (χ1n) is 17.1. The van der Waals surface area contributed by atoms with Crippen LogP contribution in [-0.2, 0) is 74.4 Å². The fourth-order valence-corrected chi connectivity index (χ4v) is 5.95. The maximum Gasteiger partial charge on any atom is 0.491 e. The second kappa shape index (κ2) is 22.3. The van der Waals surface area contributed by atoms with Gasteiger partial charge in [0.15, 0.2) is 36.0 Å². The molecule has 1 saturated heterocycles. The lowest BCUT2D eigenvalue weighted by molar-refractivity contribution is -0.670. The summed E-state index contributed by atoms with van der Waals surface area (Å²) in [5, 5.41) is 3.35. The van der Waals surface area contributed by atoms with Crippen LogP contribution in [0.2, 0.25) is 0 Å². The molecule has 1 amide bonds. The third-order valence-corrected chi connectivity index (χ3v) is 8.65. The molecule has 3 rings (SSSR count). The predicted molar refractivity (Wildman–Crippen MR) is 188 cm³/mol. The lowest BCUT2D eigenvalue weighted by atomic mass is 9.97. The number of carbonyl (C=O) groups is 5. The number of aromatic nitrogens is 2. The van der Waals surface area contributed by atoms with Crippen LogP contribution in [0.3, 0.4) is 0 Å². The third-order valence-electron chi connectivity index (χ3n) is 7.53. The van der Waals surface area contributed by atoms with Gasteiger partial charge in [0.1, 0.15) is 6.20 Å². The zero-order chi connectivity index (χ0) is 42.1. The number of rotatable bonds is 22. The largest absolute Gasteiger partial charge is 0.491 e. The van der Waals surface area contributed by atoms with Crippen molar-refractivity contribution in [3.8, 4) is 11.5 Å². The number of hydrogen-bond donors (Lipinski definition) is 0. The first kappa shape index (κ1) is 45.9. The van der Waals surface area contributed by atoms with Gasteiger partial charge >= 0.3 is 34.2 Å². The maximum absolute atomic E-state index is 13.5. The Morgan fingerprint density at radius 1 is 0.895 bits per heavy atom. The molecule has 0 unspecified atom stereocenters. The van der Waals surface area contributed by atoms with Crippen LogP contribution in [0.15, 0.2) is 42.0 Å². The third kappa shape index (κ3) is 14.2. The van der Waals surface area contributed by atoms with Crippen molar-refractivity contribution in [2.75, 3.05) is 66.9 Å². The van der Waals surface area contributed by atoms with Gasteiger partial charge < -0.3 is 51.7 Å². The molecule has 2 aromatic rings. The highest BCUT2D eigenvalue weighted by Gasteiger charge is 2.56. The molecule has 1 aliphatic heterocycles. The maximum atomic E-state index is 13.5. The second-order valence-electron chi connectivity index (χ2n) is 11.9. The molecule has 1 aromatic carbocycles. The molecule has 2 heterocycles. The minimum atomic E-state index is -4.66. The van der Waals surface area contributed by atoms with E-state index in [-0.39, 0.29) is 45.1 Å². The Kier molecular flexibility index (Phi) is 17.9. The fraction of sp³-hybridized carbons (Fsp3) is 0.576. The van der Waals surface area contributed by atoms with E-state index in [1.54, 1.807) is 7.05 Å². The topological polar surface area (TPSA) is 273 Å². The monoisotopic (exact) mass is 829 g/mol. The van der Waals surface area contributed by atoms with Gasteiger partial charge in [0.05, 0.1) is 53.8 Å². The van der Waals surface area contributed by atoms with E-state index in [1.165, 1.54) is 41.3 Å². The molecule has 0 N–H and O–H groups in total. The summed E-state index contributed by atoms with van der Waals surface area (Å²) in [6.45, 7) is 4.83. The van der Waals surface area contributed by atoms with Gasteiger partial charge in [0, 0.05) is 51.4 Å². The van der Waals surface area contributed by atoms with Crippen LogP contribution in [0.5, 0.6) is 11.5 Å². The standard InChI is InChI=1S/C33H45N6O17S/c1-21(40)51-27-28(52-22(2)41)30(53-23(3)42)33(55-29(27)32(44)47-6)54-25-8-7-24(19-26(25)56-57(45,46)39-11-10-37(4)20-39)31(43)38(5)12-14-49-16-18-50-17-15-48-13-9-35-36-34/h7-8,10-11,19-20,27-30,33H,9,12-18H2,1-6H3/q+1/t27-,28-,29-,30+,33+/m0/s1. The van der Waals surface area contributed by atoms with Crippen LogP contribution in [0.1, 0.15) is 31.1 Å². The molecule has 0 spiro atoms. The van der Waals surface area contributed by atoms with Crippen molar-refractivity contribution in [3.05, 3.63) is 52.9 Å². The number of imidazole rings is 1. The minimum Gasteiger partial charge on any atom is -0.467 e. The molecule has 0 saturated carbocycles. The molecule has 0 radical (unpaired) electrons. The highest BCUT2D eigenvalue weighted by Crippen LogP contribution is 2.36. The van der Waals surface area contributed by atoms with E-state index in [9.17, 15) is 32.4 Å². The molecule has 24 heteroatoms. The van der Waals surface area contributed by atoms with Crippen molar-refractivity contribution >= 4 is 40.1 Å². The summed E-state index contributed by atoms with van der Waals surface area (Å²) in [6, 6.07) is 3.51. The van der Waals surface area contributed by atoms with Gasteiger partial charge in [-0.25, -0.2) is 9.36 Å². The van der Waals surface area contributed by atoms with E-state index in [0.717, 1.165) is 44.0 Å². The quantitative estimate of drug-likeness (QED) is 0.0287. The van der Waals surface area contributed by atoms with E-state index in [4.69, 9.17) is 52.3 Å². The summed E-state index contributed by atoms with van der Waals surface area (Å²) < 4.78 is 83.2. The predicted octanol–water partition coefficient (Wildman–Crippen LogP) is -0.0116. The van der Waals surface area contributed by atoms with Crippen LogP contribution in [0.25, 0.3) is 10.4 Å². The van der Waals surface area contributed by atoms with E-state index in [1.807, 2.05) is 0 Å². The second-order valence-corrected chi connectivity index (χ2v) is 13.4. The molecule has 1 aliphatic rings. The Balaban J connectivity index is 1.87. The van der Waals surface area contributed by atoms with Gasteiger partial charge in [-0.15, -0.1) is 8.42 Å². The fourth-order valence-electron chi connectivity index (χ4n) is 5.03. The Morgan fingerprint density at radius 2 is 1.49 bits per heavy atom. The summed E-state index contributed by atoms with van der Waals surface area (Å²) >= 11 is 0. The molecule has 5 atom stereocenters. The number of nitrogens with zero attached hydrogens (tertiary/aromatic N) is 6. The lowest BCUT2D eigenvalue weighted by Crippen LogP contribution is -2.64. The number of ether oxygens (including phenoxy) is 9. The first-order valence-corrected chi connectivity index (χ1v) is 18.5. The highest BCUT2D eigenvalue weighted by molar-refractivity contribution is 7.85.